The van der Waals surface area contributed by atoms with Crippen molar-refractivity contribution in [1.29, 1.82) is 0 Å². The maximum atomic E-state index is 12.6. The number of aryl methyl sites for hydroxylation is 2. The number of pyridine rings is 1. The molecule has 0 spiro atoms. The van der Waals surface area contributed by atoms with Gasteiger partial charge in [-0.25, -0.2) is 4.98 Å². The normalized spacial score (nSPS) is 15.3. The van der Waals surface area contributed by atoms with E-state index in [9.17, 15) is 4.79 Å². The summed E-state index contributed by atoms with van der Waals surface area (Å²) in [4.78, 5) is 17.2. The third-order valence-corrected chi connectivity index (χ3v) is 5.07. The van der Waals surface area contributed by atoms with Gasteiger partial charge in [0, 0.05) is 27.9 Å². The van der Waals surface area contributed by atoms with Gasteiger partial charge in [0.05, 0.1) is 24.1 Å². The minimum atomic E-state index is -0.333. The van der Waals surface area contributed by atoms with Crippen molar-refractivity contribution in [2.75, 3.05) is 7.11 Å². The van der Waals surface area contributed by atoms with Gasteiger partial charge in [0.25, 0.3) is 5.56 Å². The first-order valence-electron chi connectivity index (χ1n) is 8.55. The lowest BCUT2D eigenvalue weighted by atomic mass is 9.84. The minimum absolute atomic E-state index is 0.164. The van der Waals surface area contributed by atoms with Crippen LogP contribution >= 0.6 is 0 Å². The van der Waals surface area contributed by atoms with Crippen molar-refractivity contribution in [2.45, 2.75) is 19.8 Å². The molecule has 8 nitrogen and oxygen atoms in total. The van der Waals surface area contributed by atoms with Crippen LogP contribution in [0.2, 0.25) is 0 Å². The molecule has 3 aromatic heterocycles. The molecule has 0 saturated carbocycles. The van der Waals surface area contributed by atoms with Gasteiger partial charge in [-0.15, -0.1) is 5.10 Å². The first kappa shape index (κ1) is 15.7. The van der Waals surface area contributed by atoms with E-state index in [1.165, 1.54) is 0 Å². The number of fused-ring (bicyclic) bond motifs is 3. The summed E-state index contributed by atoms with van der Waals surface area (Å²) in [5, 5.41) is 13.7. The Morgan fingerprint density at radius 3 is 2.67 bits per heavy atom. The molecule has 5 rings (SSSR count). The van der Waals surface area contributed by atoms with Gasteiger partial charge in [0.15, 0.2) is 0 Å². The summed E-state index contributed by atoms with van der Waals surface area (Å²) in [6.07, 6.45) is 0. The van der Waals surface area contributed by atoms with E-state index in [0.29, 0.717) is 17.3 Å². The summed E-state index contributed by atoms with van der Waals surface area (Å²) < 4.78 is 11.3. The molecule has 0 amide bonds. The quantitative estimate of drug-likeness (QED) is 0.447. The Bertz CT molecular complexity index is 1250. The van der Waals surface area contributed by atoms with Crippen LogP contribution in [0, 0.1) is 13.8 Å². The van der Waals surface area contributed by atoms with Crippen LogP contribution in [-0.2, 0) is 0 Å². The van der Waals surface area contributed by atoms with Crippen LogP contribution in [-0.4, -0.2) is 32.5 Å². The molecule has 4 aromatic rings. The van der Waals surface area contributed by atoms with Gasteiger partial charge in [-0.3, -0.25) is 15.0 Å². The zero-order chi connectivity index (χ0) is 18.7. The molecule has 8 heteroatoms. The monoisotopic (exact) mass is 363 g/mol. The summed E-state index contributed by atoms with van der Waals surface area (Å²) in [5.74, 6) is 1.32. The van der Waals surface area contributed by atoms with Crippen molar-refractivity contribution < 1.29 is 9.47 Å². The van der Waals surface area contributed by atoms with Gasteiger partial charge in [0.1, 0.15) is 5.75 Å². The Kier molecular flexibility index (Phi) is 3.18. The molecular weight excluding hydrogens is 346 g/mol. The smallest absolute Gasteiger partial charge is 0.268 e. The fourth-order valence-electron chi connectivity index (χ4n) is 3.75. The number of ether oxygens (including phenoxy) is 2. The number of H-pyrrole nitrogens is 3. The van der Waals surface area contributed by atoms with Gasteiger partial charge < -0.3 is 14.6 Å². The van der Waals surface area contributed by atoms with Gasteiger partial charge in [0.2, 0.25) is 11.8 Å². The highest BCUT2D eigenvalue weighted by Gasteiger charge is 2.36. The standard InChI is InChI=1S/C19H17N5O3/c1-8-14(17(25)23-21-8)16-12-7-10-6-11(26-3)4-5-13(10)20-18(12)27-19-15(16)9(2)22-24-19/h4-7,16H,1-3H3,(H,22,24)(H2,21,23,25). The van der Waals surface area contributed by atoms with Gasteiger partial charge >= 0.3 is 0 Å². The molecule has 0 bridgehead atoms. The van der Waals surface area contributed by atoms with Crippen LogP contribution in [0.1, 0.15) is 34.0 Å². The van der Waals surface area contributed by atoms with Crippen molar-refractivity contribution in [3.05, 3.63) is 62.7 Å². The first-order valence-corrected chi connectivity index (χ1v) is 8.55. The number of nitrogens with one attached hydrogen (secondary N) is 3. The summed E-state index contributed by atoms with van der Waals surface area (Å²) in [6, 6.07) is 7.66. The van der Waals surface area contributed by atoms with E-state index in [1.54, 1.807) is 7.11 Å². The first-order chi connectivity index (χ1) is 13.1. The van der Waals surface area contributed by atoms with Crippen molar-refractivity contribution in [1.82, 2.24) is 25.4 Å². The number of rotatable bonds is 2. The highest BCUT2D eigenvalue weighted by Crippen LogP contribution is 2.47. The van der Waals surface area contributed by atoms with E-state index in [-0.39, 0.29) is 11.5 Å². The molecule has 1 aromatic carbocycles. The number of methoxy groups -OCH3 is 1. The van der Waals surface area contributed by atoms with Crippen LogP contribution in [0.25, 0.3) is 10.9 Å². The molecule has 0 saturated heterocycles. The van der Waals surface area contributed by atoms with Gasteiger partial charge in [-0.2, -0.15) is 0 Å². The third-order valence-electron chi connectivity index (χ3n) is 5.07. The zero-order valence-electron chi connectivity index (χ0n) is 15.0. The van der Waals surface area contributed by atoms with Crippen LogP contribution in [0.4, 0.5) is 0 Å². The number of hydrogen-bond donors (Lipinski definition) is 3. The topological polar surface area (TPSA) is 109 Å². The van der Waals surface area contributed by atoms with Crippen LogP contribution in [0.5, 0.6) is 17.5 Å². The second-order valence-corrected chi connectivity index (χ2v) is 6.66. The van der Waals surface area contributed by atoms with E-state index >= 15 is 0 Å². The molecule has 0 fully saturated rings. The second-order valence-electron chi connectivity index (χ2n) is 6.66. The van der Waals surface area contributed by atoms with Crippen molar-refractivity contribution in [3.8, 4) is 17.5 Å². The van der Waals surface area contributed by atoms with Crippen LogP contribution in [0.15, 0.2) is 29.1 Å². The van der Waals surface area contributed by atoms with E-state index < -0.39 is 0 Å². The molecule has 1 unspecified atom stereocenters. The average Bonchev–Trinajstić information content (AvgIpc) is 3.20. The highest BCUT2D eigenvalue weighted by molar-refractivity contribution is 5.83. The molecule has 4 heterocycles. The molecular formula is C19H17N5O3. The zero-order valence-corrected chi connectivity index (χ0v) is 15.0. The Labute approximate surface area is 153 Å². The largest absolute Gasteiger partial charge is 0.497 e. The molecule has 1 aliphatic rings. The molecule has 0 aliphatic carbocycles. The van der Waals surface area contributed by atoms with Crippen molar-refractivity contribution in [2.24, 2.45) is 0 Å². The fourth-order valence-corrected chi connectivity index (χ4v) is 3.75. The number of aromatic nitrogens is 5. The van der Waals surface area contributed by atoms with E-state index in [0.717, 1.165) is 39.2 Å². The Morgan fingerprint density at radius 1 is 1.07 bits per heavy atom. The highest BCUT2D eigenvalue weighted by atomic mass is 16.5. The minimum Gasteiger partial charge on any atom is -0.497 e. The molecule has 3 N–H and O–H groups in total. The Hall–Kier alpha value is -3.55. The summed E-state index contributed by atoms with van der Waals surface area (Å²) in [6.45, 7) is 3.79. The third kappa shape index (κ3) is 2.19. The van der Waals surface area contributed by atoms with E-state index in [1.807, 2.05) is 38.1 Å². The fraction of sp³-hybridized carbons (Fsp3) is 0.211. The lowest BCUT2D eigenvalue weighted by Crippen LogP contribution is -2.19. The van der Waals surface area contributed by atoms with E-state index in [2.05, 4.69) is 25.4 Å². The van der Waals surface area contributed by atoms with Crippen molar-refractivity contribution in [3.63, 3.8) is 0 Å². The molecule has 136 valence electrons. The molecule has 27 heavy (non-hydrogen) atoms. The number of hydrogen-bond acceptors (Lipinski definition) is 5. The molecule has 1 atom stereocenters. The summed E-state index contributed by atoms with van der Waals surface area (Å²) in [5.41, 5.74) is 4.54. The molecule has 1 aliphatic heterocycles. The number of aromatic amines is 3. The predicted octanol–water partition coefficient (Wildman–Crippen LogP) is 2.89. The SMILES string of the molecule is COc1ccc2nc3c(cc2c1)C(c1c(C)[nH][nH]c1=O)c1c(n[nH]c1C)O3. The van der Waals surface area contributed by atoms with Gasteiger partial charge in [-0.1, -0.05) is 0 Å². The summed E-state index contributed by atoms with van der Waals surface area (Å²) in [7, 11) is 1.63. The predicted molar refractivity (Wildman–Crippen MR) is 98.8 cm³/mol. The van der Waals surface area contributed by atoms with Crippen molar-refractivity contribution >= 4 is 10.9 Å². The number of benzene rings is 1. The second kappa shape index (κ2) is 5.47. The maximum absolute atomic E-state index is 12.6. The lowest BCUT2D eigenvalue weighted by molar-refractivity contribution is 0.414. The lowest BCUT2D eigenvalue weighted by Gasteiger charge is -2.25. The van der Waals surface area contributed by atoms with Crippen LogP contribution < -0.4 is 15.0 Å². The maximum Gasteiger partial charge on any atom is 0.268 e. The molecule has 0 radical (unpaired) electrons. The van der Waals surface area contributed by atoms with Gasteiger partial charge in [-0.05, 0) is 38.1 Å². The van der Waals surface area contributed by atoms with E-state index in [4.69, 9.17) is 9.47 Å². The summed E-state index contributed by atoms with van der Waals surface area (Å²) >= 11 is 0. The van der Waals surface area contributed by atoms with Crippen LogP contribution in [0.3, 0.4) is 0 Å². The Morgan fingerprint density at radius 2 is 1.93 bits per heavy atom. The number of nitrogens with zero attached hydrogens (tertiary/aromatic N) is 2. The average molecular weight is 363 g/mol. The Balaban J connectivity index is 1.84.